The smallest absolute Gasteiger partial charge is 0.311 e. The van der Waals surface area contributed by atoms with Gasteiger partial charge in [-0.05, 0) is 24.6 Å². The summed E-state index contributed by atoms with van der Waals surface area (Å²) in [7, 11) is 1.35. The molecule has 1 aromatic heterocycles. The molecular weight excluding hydrogens is 374 g/mol. The molecule has 0 unspecified atom stereocenters. The molecule has 1 atom stereocenters. The van der Waals surface area contributed by atoms with E-state index in [1.807, 2.05) is 47.8 Å². The highest BCUT2D eigenvalue weighted by molar-refractivity contribution is 5.92. The van der Waals surface area contributed by atoms with Crippen LogP contribution in [0.5, 0.6) is 5.75 Å². The number of hydrogen-bond donors (Lipinski definition) is 2. The molecule has 3 rings (SSSR count). The zero-order valence-corrected chi connectivity index (χ0v) is 16.1. The molecule has 0 aliphatic heterocycles. The lowest BCUT2D eigenvalue weighted by atomic mass is 10.0. The number of ether oxygens (including phenoxy) is 1. The fourth-order valence-electron chi connectivity index (χ4n) is 3.08. The maximum absolute atomic E-state index is 12.5. The molecule has 3 N–H and O–H groups in total. The predicted molar refractivity (Wildman–Crippen MR) is 107 cm³/mol. The fourth-order valence-corrected chi connectivity index (χ4v) is 3.08. The number of carbonyl (C=O) groups is 1. The third-order valence-electron chi connectivity index (χ3n) is 4.54. The Balaban J connectivity index is 1.72. The molecule has 3 aromatic rings. The number of rotatable bonds is 8. The molecule has 1 amide bonds. The van der Waals surface area contributed by atoms with Crippen LogP contribution in [0.4, 0.5) is 11.4 Å². The SMILES string of the molecule is COc1cc(NC(=O)C[NH2+][C@H](c2ccccc2)c2ccco2)c(C)cc1[N+](=O)[O-]. The summed E-state index contributed by atoms with van der Waals surface area (Å²) in [6.45, 7) is 1.83. The van der Waals surface area contributed by atoms with Gasteiger partial charge in [-0.3, -0.25) is 14.9 Å². The average molecular weight is 396 g/mol. The first-order valence-electron chi connectivity index (χ1n) is 9.04. The first kappa shape index (κ1) is 20.1. The van der Waals surface area contributed by atoms with Crippen LogP contribution in [0.2, 0.25) is 0 Å². The van der Waals surface area contributed by atoms with Gasteiger partial charge in [0, 0.05) is 23.4 Å². The lowest BCUT2D eigenvalue weighted by Gasteiger charge is -2.15. The van der Waals surface area contributed by atoms with E-state index < -0.39 is 4.92 Å². The highest BCUT2D eigenvalue weighted by Gasteiger charge is 2.22. The molecule has 0 spiro atoms. The quantitative estimate of drug-likeness (QED) is 0.449. The van der Waals surface area contributed by atoms with Gasteiger partial charge >= 0.3 is 5.69 Å². The van der Waals surface area contributed by atoms with Crippen LogP contribution in [0.1, 0.15) is 22.9 Å². The Kier molecular flexibility index (Phi) is 6.25. The highest BCUT2D eigenvalue weighted by atomic mass is 16.6. The van der Waals surface area contributed by atoms with Gasteiger partial charge in [-0.2, -0.15) is 0 Å². The van der Waals surface area contributed by atoms with Crippen LogP contribution in [-0.2, 0) is 4.79 Å². The molecule has 0 fully saturated rings. The van der Waals surface area contributed by atoms with Gasteiger partial charge in [0.15, 0.2) is 24.1 Å². The molecule has 29 heavy (non-hydrogen) atoms. The number of hydrogen-bond acceptors (Lipinski definition) is 5. The summed E-state index contributed by atoms with van der Waals surface area (Å²) < 4.78 is 10.6. The van der Waals surface area contributed by atoms with E-state index in [0.717, 1.165) is 11.3 Å². The summed E-state index contributed by atoms with van der Waals surface area (Å²) in [5.41, 5.74) is 1.93. The molecule has 0 aliphatic carbocycles. The number of benzene rings is 2. The second kappa shape index (κ2) is 9.03. The van der Waals surface area contributed by atoms with E-state index in [0.29, 0.717) is 11.3 Å². The van der Waals surface area contributed by atoms with Crippen molar-refractivity contribution in [2.75, 3.05) is 19.0 Å². The largest absolute Gasteiger partial charge is 0.490 e. The summed E-state index contributed by atoms with van der Waals surface area (Å²) in [5, 5.41) is 15.8. The number of quaternary nitrogens is 1. The second-order valence-corrected chi connectivity index (χ2v) is 6.49. The molecule has 0 bridgehead atoms. The summed E-state index contributed by atoms with van der Waals surface area (Å²) in [5.74, 6) is 0.603. The summed E-state index contributed by atoms with van der Waals surface area (Å²) in [6, 6.07) is 16.1. The number of nitrogens with zero attached hydrogens (tertiary/aromatic N) is 1. The van der Waals surface area contributed by atoms with Crippen LogP contribution in [0.25, 0.3) is 0 Å². The molecule has 1 heterocycles. The molecule has 8 heteroatoms. The van der Waals surface area contributed by atoms with E-state index in [9.17, 15) is 14.9 Å². The molecule has 0 saturated carbocycles. The Morgan fingerprint density at radius 1 is 1.24 bits per heavy atom. The zero-order valence-electron chi connectivity index (χ0n) is 16.1. The number of nitro benzene ring substituents is 1. The van der Waals surface area contributed by atoms with Crippen LogP contribution in [-0.4, -0.2) is 24.5 Å². The highest BCUT2D eigenvalue weighted by Crippen LogP contribution is 2.32. The van der Waals surface area contributed by atoms with Gasteiger partial charge in [0.05, 0.1) is 18.3 Å². The van der Waals surface area contributed by atoms with E-state index in [1.54, 1.807) is 13.2 Å². The maximum Gasteiger partial charge on any atom is 0.311 e. The number of anilines is 1. The van der Waals surface area contributed by atoms with Gasteiger partial charge in [0.1, 0.15) is 0 Å². The van der Waals surface area contributed by atoms with Crippen LogP contribution >= 0.6 is 0 Å². The van der Waals surface area contributed by atoms with Crippen molar-refractivity contribution in [2.45, 2.75) is 13.0 Å². The van der Waals surface area contributed by atoms with Gasteiger partial charge < -0.3 is 19.8 Å². The van der Waals surface area contributed by atoms with E-state index >= 15 is 0 Å². The number of nitrogens with two attached hydrogens (primary N) is 1. The van der Waals surface area contributed by atoms with Crippen molar-refractivity contribution in [2.24, 2.45) is 0 Å². The number of furan rings is 1. The Hall–Kier alpha value is -3.65. The first-order chi connectivity index (χ1) is 14.0. The van der Waals surface area contributed by atoms with Crippen LogP contribution in [0.3, 0.4) is 0 Å². The van der Waals surface area contributed by atoms with E-state index in [1.165, 1.54) is 19.2 Å². The summed E-state index contributed by atoms with van der Waals surface area (Å²) >= 11 is 0. The summed E-state index contributed by atoms with van der Waals surface area (Å²) in [4.78, 5) is 23.1. The van der Waals surface area contributed by atoms with Crippen molar-refractivity contribution in [3.63, 3.8) is 0 Å². The Labute approximate surface area is 167 Å². The minimum Gasteiger partial charge on any atom is -0.490 e. The maximum atomic E-state index is 12.5. The molecule has 0 radical (unpaired) electrons. The predicted octanol–water partition coefficient (Wildman–Crippen LogP) is 2.80. The Morgan fingerprint density at radius 3 is 2.62 bits per heavy atom. The van der Waals surface area contributed by atoms with E-state index in [4.69, 9.17) is 9.15 Å². The van der Waals surface area contributed by atoms with E-state index in [-0.39, 0.29) is 29.9 Å². The molecular formula is C21H22N3O5+. The van der Waals surface area contributed by atoms with Crippen LogP contribution in [0, 0.1) is 17.0 Å². The summed E-state index contributed by atoms with van der Waals surface area (Å²) in [6.07, 6.45) is 1.60. The molecule has 0 saturated heterocycles. The first-order valence-corrected chi connectivity index (χ1v) is 9.04. The van der Waals surface area contributed by atoms with Gasteiger partial charge in [0.2, 0.25) is 0 Å². The number of nitro groups is 1. The number of carbonyl (C=O) groups excluding carboxylic acids is 1. The molecule has 8 nitrogen and oxygen atoms in total. The molecule has 2 aromatic carbocycles. The van der Waals surface area contributed by atoms with Gasteiger partial charge in [-0.1, -0.05) is 30.3 Å². The lowest BCUT2D eigenvalue weighted by Crippen LogP contribution is -2.87. The van der Waals surface area contributed by atoms with Crippen LogP contribution < -0.4 is 15.4 Å². The molecule has 150 valence electrons. The average Bonchev–Trinajstić information content (AvgIpc) is 3.24. The van der Waals surface area contributed by atoms with Gasteiger partial charge in [0.25, 0.3) is 5.91 Å². The second-order valence-electron chi connectivity index (χ2n) is 6.49. The van der Waals surface area contributed by atoms with Crippen LogP contribution in [0.15, 0.2) is 65.3 Å². The van der Waals surface area contributed by atoms with E-state index in [2.05, 4.69) is 5.32 Å². The van der Waals surface area contributed by atoms with Gasteiger partial charge in [-0.15, -0.1) is 0 Å². The van der Waals surface area contributed by atoms with Gasteiger partial charge in [-0.25, -0.2) is 0 Å². The minimum absolute atomic E-state index is 0.0950. The van der Waals surface area contributed by atoms with Crippen molar-refractivity contribution in [1.29, 1.82) is 0 Å². The number of aryl methyl sites for hydroxylation is 1. The third-order valence-corrected chi connectivity index (χ3v) is 4.54. The van der Waals surface area contributed by atoms with Crippen molar-refractivity contribution in [1.82, 2.24) is 0 Å². The third kappa shape index (κ3) is 4.80. The number of nitrogens with one attached hydrogen (secondary N) is 1. The monoisotopic (exact) mass is 396 g/mol. The topological polar surface area (TPSA) is 111 Å². The van der Waals surface area contributed by atoms with Crippen molar-refractivity contribution in [3.05, 3.63) is 87.9 Å². The van der Waals surface area contributed by atoms with Crippen molar-refractivity contribution in [3.8, 4) is 5.75 Å². The normalized spacial score (nSPS) is 11.7. The zero-order chi connectivity index (χ0) is 20.8. The number of methoxy groups -OCH3 is 1. The van der Waals surface area contributed by atoms with Crippen molar-refractivity contribution >= 4 is 17.3 Å². The minimum atomic E-state index is -0.515. The Bertz CT molecular complexity index is 987. The van der Waals surface area contributed by atoms with Crippen molar-refractivity contribution < 1.29 is 24.2 Å². The fraction of sp³-hybridized carbons (Fsp3) is 0.190. The Morgan fingerprint density at radius 2 is 2.00 bits per heavy atom. The standard InChI is InChI=1S/C21H21N3O5/c1-14-11-17(24(26)27)19(28-2)12-16(14)23-20(25)13-22-21(18-9-6-10-29-18)15-7-4-3-5-8-15/h3-12,21-22H,13H2,1-2H3,(H,23,25)/p+1/t21-/m1/s1. The molecule has 0 aliphatic rings. The lowest BCUT2D eigenvalue weighted by molar-refractivity contribution is -0.678. The number of amides is 1.